The predicted molar refractivity (Wildman–Crippen MR) is 84.6 cm³/mol. The highest BCUT2D eigenvalue weighted by molar-refractivity contribution is 5.37. The minimum atomic E-state index is 0.455. The van der Waals surface area contributed by atoms with E-state index in [1.54, 1.807) is 0 Å². The van der Waals surface area contributed by atoms with Gasteiger partial charge >= 0.3 is 0 Å². The number of nitrogens with one attached hydrogen (secondary N) is 1. The summed E-state index contributed by atoms with van der Waals surface area (Å²) >= 11 is 0. The molecule has 2 aliphatic rings. The molecule has 2 aromatic carbocycles. The van der Waals surface area contributed by atoms with Crippen LogP contribution < -0.4 is 10.1 Å². The topological polar surface area (TPSA) is 21.3 Å². The van der Waals surface area contributed by atoms with E-state index < -0.39 is 0 Å². The van der Waals surface area contributed by atoms with Crippen molar-refractivity contribution in [2.24, 2.45) is 0 Å². The van der Waals surface area contributed by atoms with Crippen LogP contribution in [0.2, 0.25) is 0 Å². The van der Waals surface area contributed by atoms with Gasteiger partial charge in [-0.3, -0.25) is 0 Å². The number of para-hydroxylation sites is 1. The second kappa shape index (κ2) is 5.53. The van der Waals surface area contributed by atoms with E-state index in [0.717, 1.165) is 24.7 Å². The van der Waals surface area contributed by atoms with Crippen molar-refractivity contribution in [1.29, 1.82) is 0 Å². The molecule has 1 atom stereocenters. The second-order valence-electron chi connectivity index (χ2n) is 6.17. The molecule has 4 rings (SSSR count). The minimum absolute atomic E-state index is 0.455. The lowest BCUT2D eigenvalue weighted by molar-refractivity contribution is 0.210. The summed E-state index contributed by atoms with van der Waals surface area (Å²) in [5, 5.41) is 3.83. The van der Waals surface area contributed by atoms with Crippen LogP contribution in [0.3, 0.4) is 0 Å². The van der Waals surface area contributed by atoms with Crippen molar-refractivity contribution < 1.29 is 4.74 Å². The number of benzene rings is 2. The number of hydrogen-bond donors (Lipinski definition) is 1. The molecule has 1 heterocycles. The number of fused-ring (bicyclic) bond motifs is 1. The monoisotopic (exact) mass is 279 g/mol. The average molecular weight is 279 g/mol. The zero-order valence-corrected chi connectivity index (χ0v) is 12.2. The molecule has 1 saturated carbocycles. The summed E-state index contributed by atoms with van der Waals surface area (Å²) < 4.78 is 5.74. The normalized spacial score (nSPS) is 27.3. The Bertz CT molecular complexity index is 604. The third-order valence-corrected chi connectivity index (χ3v) is 4.80. The smallest absolute Gasteiger partial charge is 0.124 e. The first-order valence-electron chi connectivity index (χ1n) is 7.93. The van der Waals surface area contributed by atoms with Crippen LogP contribution in [-0.2, 0) is 0 Å². The molecule has 108 valence electrons. The van der Waals surface area contributed by atoms with E-state index in [2.05, 4.69) is 59.9 Å². The first-order chi connectivity index (χ1) is 10.4. The van der Waals surface area contributed by atoms with Gasteiger partial charge in [-0.2, -0.15) is 0 Å². The Balaban J connectivity index is 1.39. The van der Waals surface area contributed by atoms with Crippen molar-refractivity contribution in [2.45, 2.75) is 37.3 Å². The van der Waals surface area contributed by atoms with Crippen LogP contribution in [-0.4, -0.2) is 12.6 Å². The maximum Gasteiger partial charge on any atom is 0.124 e. The average Bonchev–Trinajstić information content (AvgIpc) is 2.51. The third kappa shape index (κ3) is 2.56. The first kappa shape index (κ1) is 12.9. The van der Waals surface area contributed by atoms with Crippen molar-refractivity contribution in [2.75, 3.05) is 6.61 Å². The van der Waals surface area contributed by atoms with Gasteiger partial charge in [-0.1, -0.05) is 48.5 Å². The Labute approximate surface area is 126 Å². The summed E-state index contributed by atoms with van der Waals surface area (Å²) in [6, 6.07) is 20.4. The molecular formula is C19H21NO. The molecule has 0 bridgehead atoms. The van der Waals surface area contributed by atoms with E-state index in [1.807, 2.05) is 0 Å². The van der Waals surface area contributed by atoms with Crippen molar-refractivity contribution >= 4 is 0 Å². The molecule has 1 unspecified atom stereocenters. The molecule has 1 aliphatic carbocycles. The number of ether oxygens (including phenoxy) is 1. The van der Waals surface area contributed by atoms with Gasteiger partial charge < -0.3 is 10.1 Å². The van der Waals surface area contributed by atoms with Crippen LogP contribution in [0.5, 0.6) is 5.75 Å². The fraction of sp³-hybridized carbons (Fsp3) is 0.368. The maximum atomic E-state index is 5.74. The van der Waals surface area contributed by atoms with E-state index in [9.17, 15) is 0 Å². The van der Waals surface area contributed by atoms with Crippen molar-refractivity contribution in [3.8, 4) is 5.75 Å². The predicted octanol–water partition coefficient (Wildman–Crippen LogP) is 4.05. The van der Waals surface area contributed by atoms with Gasteiger partial charge in [-0.15, -0.1) is 0 Å². The highest BCUT2D eigenvalue weighted by Gasteiger charge is 2.33. The largest absolute Gasteiger partial charge is 0.493 e. The highest BCUT2D eigenvalue weighted by Crippen LogP contribution is 2.39. The molecule has 0 radical (unpaired) electrons. The van der Waals surface area contributed by atoms with Crippen LogP contribution in [0.15, 0.2) is 54.6 Å². The van der Waals surface area contributed by atoms with Gasteiger partial charge in [-0.05, 0) is 30.4 Å². The van der Waals surface area contributed by atoms with Crippen molar-refractivity contribution in [3.05, 3.63) is 65.7 Å². The Morgan fingerprint density at radius 3 is 2.52 bits per heavy atom. The summed E-state index contributed by atoms with van der Waals surface area (Å²) in [5.41, 5.74) is 2.81. The fourth-order valence-corrected chi connectivity index (χ4v) is 3.55. The van der Waals surface area contributed by atoms with E-state index >= 15 is 0 Å². The molecule has 0 amide bonds. The van der Waals surface area contributed by atoms with Crippen LogP contribution in [0.1, 0.15) is 42.3 Å². The second-order valence-corrected chi connectivity index (χ2v) is 6.17. The summed E-state index contributed by atoms with van der Waals surface area (Å²) in [6.07, 6.45) is 3.58. The van der Waals surface area contributed by atoms with Gasteiger partial charge in [0, 0.05) is 24.1 Å². The summed E-state index contributed by atoms with van der Waals surface area (Å²) in [7, 11) is 0. The molecule has 0 aromatic heterocycles. The van der Waals surface area contributed by atoms with E-state index in [1.165, 1.54) is 24.0 Å². The molecule has 1 N–H and O–H groups in total. The maximum absolute atomic E-state index is 5.74. The Hall–Kier alpha value is -1.80. The molecular weight excluding hydrogens is 258 g/mol. The van der Waals surface area contributed by atoms with E-state index in [0.29, 0.717) is 12.1 Å². The molecule has 21 heavy (non-hydrogen) atoms. The van der Waals surface area contributed by atoms with Gasteiger partial charge in [0.05, 0.1) is 6.61 Å². The Kier molecular flexibility index (Phi) is 3.40. The van der Waals surface area contributed by atoms with Gasteiger partial charge in [0.15, 0.2) is 0 Å². The molecule has 0 saturated heterocycles. The number of hydrogen-bond acceptors (Lipinski definition) is 2. The lowest BCUT2D eigenvalue weighted by Crippen LogP contribution is -2.43. The Morgan fingerprint density at radius 2 is 1.67 bits per heavy atom. The summed E-state index contributed by atoms with van der Waals surface area (Å²) in [5.74, 6) is 1.79. The highest BCUT2D eigenvalue weighted by atomic mass is 16.5. The Morgan fingerprint density at radius 1 is 0.905 bits per heavy atom. The number of rotatable bonds is 3. The summed E-state index contributed by atoms with van der Waals surface area (Å²) in [6.45, 7) is 0.823. The SMILES string of the molecule is c1ccc(C2CC(NC3CCOc4ccccc43)C2)cc1. The van der Waals surface area contributed by atoms with Crippen LogP contribution >= 0.6 is 0 Å². The van der Waals surface area contributed by atoms with E-state index in [4.69, 9.17) is 4.74 Å². The van der Waals surface area contributed by atoms with Crippen molar-refractivity contribution in [3.63, 3.8) is 0 Å². The van der Waals surface area contributed by atoms with Gasteiger partial charge in [0.2, 0.25) is 0 Å². The molecule has 1 fully saturated rings. The van der Waals surface area contributed by atoms with Gasteiger partial charge in [0.1, 0.15) is 5.75 Å². The van der Waals surface area contributed by atoms with Crippen LogP contribution in [0, 0.1) is 0 Å². The molecule has 1 aliphatic heterocycles. The lowest BCUT2D eigenvalue weighted by Gasteiger charge is -2.40. The standard InChI is InChI=1S/C19H21NO/c1-2-6-14(7-3-1)15-12-16(13-15)20-18-10-11-21-19-9-5-4-8-17(18)19/h1-9,15-16,18,20H,10-13H2. The summed E-state index contributed by atoms with van der Waals surface area (Å²) in [4.78, 5) is 0. The van der Waals surface area contributed by atoms with Gasteiger partial charge in [-0.25, -0.2) is 0 Å². The zero-order valence-electron chi connectivity index (χ0n) is 12.2. The molecule has 0 spiro atoms. The third-order valence-electron chi connectivity index (χ3n) is 4.80. The fourth-order valence-electron chi connectivity index (χ4n) is 3.55. The minimum Gasteiger partial charge on any atom is -0.493 e. The molecule has 2 heteroatoms. The quantitative estimate of drug-likeness (QED) is 0.915. The van der Waals surface area contributed by atoms with E-state index in [-0.39, 0.29) is 0 Å². The molecule has 2 aromatic rings. The molecule has 2 nitrogen and oxygen atoms in total. The van der Waals surface area contributed by atoms with Crippen LogP contribution in [0.25, 0.3) is 0 Å². The lowest BCUT2D eigenvalue weighted by atomic mass is 9.75. The first-order valence-corrected chi connectivity index (χ1v) is 7.93. The van der Waals surface area contributed by atoms with Crippen molar-refractivity contribution in [1.82, 2.24) is 5.32 Å². The zero-order chi connectivity index (χ0) is 14.1. The van der Waals surface area contributed by atoms with Crippen LogP contribution in [0.4, 0.5) is 0 Å². The van der Waals surface area contributed by atoms with Gasteiger partial charge in [0.25, 0.3) is 0 Å².